The highest BCUT2D eigenvalue weighted by molar-refractivity contribution is 5.95. The van der Waals surface area contributed by atoms with Crippen molar-refractivity contribution in [3.05, 3.63) is 11.1 Å². The van der Waals surface area contributed by atoms with Gasteiger partial charge >= 0.3 is 17.9 Å². The third kappa shape index (κ3) is 4.06. The molecule has 0 unspecified atom stereocenters. The maximum Gasteiger partial charge on any atom is 0.320 e. The van der Waals surface area contributed by atoms with E-state index < -0.39 is 17.9 Å². The molecule has 0 radical (unpaired) electrons. The molecule has 0 N–H and O–H groups in total. The van der Waals surface area contributed by atoms with Crippen LogP contribution >= 0.6 is 0 Å². The summed E-state index contributed by atoms with van der Waals surface area (Å²) in [5.74, 6) is -3.07. The lowest BCUT2D eigenvalue weighted by Gasteiger charge is -2.33. The Morgan fingerprint density at radius 2 is 1.62 bits per heavy atom. The van der Waals surface area contributed by atoms with Crippen LogP contribution < -0.4 is 0 Å². The number of ether oxygens (including phenoxy) is 3. The van der Waals surface area contributed by atoms with Crippen LogP contribution in [0.1, 0.15) is 33.6 Å². The fourth-order valence-electron chi connectivity index (χ4n) is 2.75. The Bertz CT molecular complexity index is 449. The normalized spacial score (nSPS) is 22.0. The molecule has 0 aliphatic heterocycles. The van der Waals surface area contributed by atoms with E-state index >= 15 is 0 Å². The van der Waals surface area contributed by atoms with Crippen LogP contribution in [-0.4, -0.2) is 38.2 Å². The number of carbonyl (C=O) groups is 3. The number of carbonyl (C=O) groups excluding carboxylic acids is 3. The standard InChI is InChI=1S/C15H22O6/c1-8-6-11(21-10(3)16)7-12(9(8)2)13(14(17)19-4)15(18)20-5/h11-13H,6-7H2,1-5H3/t11-,12-/m0/s1. The summed E-state index contributed by atoms with van der Waals surface area (Å²) < 4.78 is 14.7. The van der Waals surface area contributed by atoms with E-state index in [1.54, 1.807) is 0 Å². The van der Waals surface area contributed by atoms with Gasteiger partial charge in [0.1, 0.15) is 6.10 Å². The molecule has 1 aliphatic carbocycles. The van der Waals surface area contributed by atoms with Gasteiger partial charge in [0.05, 0.1) is 14.2 Å². The molecule has 0 spiro atoms. The molecule has 0 aromatic carbocycles. The van der Waals surface area contributed by atoms with Gasteiger partial charge in [-0.05, 0) is 20.3 Å². The number of hydrogen-bond donors (Lipinski definition) is 0. The van der Waals surface area contributed by atoms with Crippen LogP contribution in [0.3, 0.4) is 0 Å². The summed E-state index contributed by atoms with van der Waals surface area (Å²) in [7, 11) is 2.47. The van der Waals surface area contributed by atoms with Crippen molar-refractivity contribution in [1.29, 1.82) is 0 Å². The van der Waals surface area contributed by atoms with Gasteiger partial charge in [-0.25, -0.2) is 0 Å². The Morgan fingerprint density at radius 1 is 1.10 bits per heavy atom. The molecule has 0 heterocycles. The van der Waals surface area contributed by atoms with Crippen LogP contribution in [0.5, 0.6) is 0 Å². The predicted octanol–water partition coefficient (Wildman–Crippen LogP) is 1.63. The van der Waals surface area contributed by atoms with Gasteiger partial charge in [0.25, 0.3) is 0 Å². The van der Waals surface area contributed by atoms with Gasteiger partial charge in [-0.2, -0.15) is 0 Å². The average molecular weight is 298 g/mol. The first-order valence-electron chi connectivity index (χ1n) is 6.80. The molecular formula is C15H22O6. The lowest BCUT2D eigenvalue weighted by Crippen LogP contribution is -2.38. The summed E-state index contributed by atoms with van der Waals surface area (Å²) in [6.07, 6.45) is 0.669. The highest BCUT2D eigenvalue weighted by atomic mass is 16.5. The van der Waals surface area contributed by atoms with E-state index in [1.807, 2.05) is 13.8 Å². The van der Waals surface area contributed by atoms with E-state index in [1.165, 1.54) is 21.1 Å². The van der Waals surface area contributed by atoms with Crippen molar-refractivity contribution in [1.82, 2.24) is 0 Å². The van der Waals surface area contributed by atoms with Gasteiger partial charge in [0.2, 0.25) is 0 Å². The molecule has 0 fully saturated rings. The van der Waals surface area contributed by atoms with Gasteiger partial charge in [-0.15, -0.1) is 0 Å². The monoisotopic (exact) mass is 298 g/mol. The quantitative estimate of drug-likeness (QED) is 0.340. The van der Waals surface area contributed by atoms with E-state index in [2.05, 4.69) is 0 Å². The summed E-state index contributed by atoms with van der Waals surface area (Å²) in [5, 5.41) is 0. The third-order valence-corrected chi connectivity index (χ3v) is 3.93. The van der Waals surface area contributed by atoms with Crippen LogP contribution in [-0.2, 0) is 28.6 Å². The molecule has 6 nitrogen and oxygen atoms in total. The molecule has 0 aromatic heterocycles. The third-order valence-electron chi connectivity index (χ3n) is 3.93. The van der Waals surface area contributed by atoms with E-state index in [9.17, 15) is 14.4 Å². The molecule has 0 amide bonds. The second-order valence-corrected chi connectivity index (χ2v) is 5.27. The fourth-order valence-corrected chi connectivity index (χ4v) is 2.75. The fraction of sp³-hybridized carbons (Fsp3) is 0.667. The molecule has 21 heavy (non-hydrogen) atoms. The van der Waals surface area contributed by atoms with Gasteiger partial charge in [-0.3, -0.25) is 14.4 Å². The highest BCUT2D eigenvalue weighted by Gasteiger charge is 2.41. The zero-order valence-electron chi connectivity index (χ0n) is 13.1. The molecule has 0 saturated heterocycles. The lowest BCUT2D eigenvalue weighted by atomic mass is 9.75. The molecule has 6 heteroatoms. The number of allylic oxidation sites excluding steroid dienone is 1. The Labute approximate surface area is 124 Å². The number of hydrogen-bond acceptors (Lipinski definition) is 6. The summed E-state index contributed by atoms with van der Waals surface area (Å²) in [5.41, 5.74) is 1.95. The van der Waals surface area contributed by atoms with Crippen LogP contribution in [0.25, 0.3) is 0 Å². The molecular weight excluding hydrogens is 276 g/mol. The summed E-state index contributed by atoms with van der Waals surface area (Å²) in [6, 6.07) is 0. The summed E-state index contributed by atoms with van der Waals surface area (Å²) in [6.45, 7) is 5.13. The number of rotatable bonds is 4. The average Bonchev–Trinajstić information content (AvgIpc) is 2.42. The SMILES string of the molecule is COC(=O)C(C(=O)OC)[C@H]1C[C@@H](OC(C)=O)CC(C)=C1C. The lowest BCUT2D eigenvalue weighted by molar-refractivity contribution is -0.161. The molecule has 118 valence electrons. The van der Waals surface area contributed by atoms with Crippen LogP contribution in [0, 0.1) is 11.8 Å². The maximum absolute atomic E-state index is 11.9. The van der Waals surface area contributed by atoms with E-state index in [4.69, 9.17) is 14.2 Å². The molecule has 1 aliphatic rings. The van der Waals surface area contributed by atoms with E-state index in [0.29, 0.717) is 12.8 Å². The van der Waals surface area contributed by atoms with Crippen molar-refractivity contribution in [3.63, 3.8) is 0 Å². The van der Waals surface area contributed by atoms with Crippen molar-refractivity contribution in [2.24, 2.45) is 11.8 Å². The van der Waals surface area contributed by atoms with Crippen LogP contribution in [0.4, 0.5) is 0 Å². The minimum Gasteiger partial charge on any atom is -0.468 e. The summed E-state index contributed by atoms with van der Waals surface area (Å²) >= 11 is 0. The van der Waals surface area contributed by atoms with Crippen LogP contribution in [0.2, 0.25) is 0 Å². The van der Waals surface area contributed by atoms with Gasteiger partial charge in [0, 0.05) is 19.3 Å². The molecule has 0 saturated carbocycles. The summed E-state index contributed by atoms with van der Waals surface area (Å²) in [4.78, 5) is 35.0. The molecule has 1 rings (SSSR count). The van der Waals surface area contributed by atoms with Gasteiger partial charge in [0.15, 0.2) is 5.92 Å². The minimum atomic E-state index is -1.03. The minimum absolute atomic E-state index is 0.340. The van der Waals surface area contributed by atoms with Crippen LogP contribution in [0.15, 0.2) is 11.1 Å². The first-order valence-corrected chi connectivity index (χ1v) is 6.80. The maximum atomic E-state index is 11.9. The Morgan fingerprint density at radius 3 is 2.05 bits per heavy atom. The Balaban J connectivity index is 3.09. The van der Waals surface area contributed by atoms with Crippen molar-refractivity contribution in [2.45, 2.75) is 39.7 Å². The highest BCUT2D eigenvalue weighted by Crippen LogP contribution is 2.37. The smallest absolute Gasteiger partial charge is 0.320 e. The second-order valence-electron chi connectivity index (χ2n) is 5.27. The second kappa shape index (κ2) is 7.24. The predicted molar refractivity (Wildman–Crippen MR) is 74.2 cm³/mol. The zero-order chi connectivity index (χ0) is 16.2. The van der Waals surface area contributed by atoms with Gasteiger partial charge in [-0.1, -0.05) is 11.1 Å². The largest absolute Gasteiger partial charge is 0.468 e. The Hall–Kier alpha value is -1.85. The zero-order valence-corrected chi connectivity index (χ0v) is 13.1. The topological polar surface area (TPSA) is 78.9 Å². The number of methoxy groups -OCH3 is 2. The van der Waals surface area contributed by atoms with E-state index in [-0.39, 0.29) is 18.0 Å². The van der Waals surface area contributed by atoms with Crippen molar-refractivity contribution < 1.29 is 28.6 Å². The van der Waals surface area contributed by atoms with Gasteiger partial charge < -0.3 is 14.2 Å². The first kappa shape index (κ1) is 17.2. The van der Waals surface area contributed by atoms with Crippen molar-refractivity contribution in [2.75, 3.05) is 14.2 Å². The van der Waals surface area contributed by atoms with E-state index in [0.717, 1.165) is 11.1 Å². The molecule has 2 atom stereocenters. The molecule has 0 aromatic rings. The Kier molecular flexibility index (Phi) is 5.93. The molecule has 0 bridgehead atoms. The van der Waals surface area contributed by atoms with Crippen molar-refractivity contribution >= 4 is 17.9 Å². The first-order chi connectivity index (χ1) is 9.81. The number of esters is 3. The van der Waals surface area contributed by atoms with Crippen molar-refractivity contribution in [3.8, 4) is 0 Å².